The van der Waals surface area contributed by atoms with Crippen molar-refractivity contribution in [3.8, 4) is 5.75 Å². The first-order chi connectivity index (χ1) is 17.0. The molecule has 0 fully saturated rings. The van der Waals surface area contributed by atoms with Crippen molar-refractivity contribution < 1.29 is 23.8 Å². The Hall–Kier alpha value is -3.07. The number of ether oxygens (including phenoxy) is 3. The van der Waals surface area contributed by atoms with Crippen LogP contribution in [0.25, 0.3) is 0 Å². The van der Waals surface area contributed by atoms with Crippen LogP contribution in [0.4, 0.5) is 4.79 Å². The zero-order valence-corrected chi connectivity index (χ0v) is 23.2. The van der Waals surface area contributed by atoms with Gasteiger partial charge < -0.3 is 19.5 Å². The van der Waals surface area contributed by atoms with Crippen molar-refractivity contribution in [2.24, 2.45) is 0 Å². The van der Waals surface area contributed by atoms with E-state index in [9.17, 15) is 9.59 Å². The van der Waals surface area contributed by atoms with E-state index in [0.717, 1.165) is 26.0 Å². The Morgan fingerprint density at radius 3 is 1.94 bits per heavy atom. The van der Waals surface area contributed by atoms with Crippen molar-refractivity contribution in [3.05, 3.63) is 99.1 Å². The van der Waals surface area contributed by atoms with Crippen LogP contribution < -0.4 is 10.1 Å². The molecule has 7 heteroatoms. The maximum absolute atomic E-state index is 13.2. The molecule has 0 bridgehead atoms. The Morgan fingerprint density at radius 1 is 0.806 bits per heavy atom. The van der Waals surface area contributed by atoms with Crippen molar-refractivity contribution in [1.29, 1.82) is 0 Å². The molecule has 36 heavy (non-hydrogen) atoms. The van der Waals surface area contributed by atoms with Crippen LogP contribution in [0, 0.1) is 3.57 Å². The van der Waals surface area contributed by atoms with Gasteiger partial charge in [0.1, 0.15) is 30.1 Å². The van der Waals surface area contributed by atoms with Gasteiger partial charge in [-0.3, -0.25) is 0 Å². The van der Waals surface area contributed by atoms with Crippen LogP contribution in [0.3, 0.4) is 0 Å². The van der Waals surface area contributed by atoms with Crippen molar-refractivity contribution >= 4 is 34.7 Å². The summed E-state index contributed by atoms with van der Waals surface area (Å²) in [5, 5.41) is 2.75. The molecule has 6 nitrogen and oxygen atoms in total. The van der Waals surface area contributed by atoms with Gasteiger partial charge in [0.25, 0.3) is 0 Å². The summed E-state index contributed by atoms with van der Waals surface area (Å²) in [5.41, 5.74) is 0.743. The molecule has 1 N–H and O–H groups in total. The fourth-order valence-corrected chi connectivity index (χ4v) is 4.23. The van der Waals surface area contributed by atoms with Gasteiger partial charge in [-0.2, -0.15) is 0 Å². The zero-order chi connectivity index (χ0) is 26.2. The lowest BCUT2D eigenvalue weighted by molar-refractivity contribution is -0.152. The molecule has 0 radical (unpaired) electrons. The Morgan fingerprint density at radius 2 is 1.39 bits per heavy atom. The normalized spacial score (nSPS) is 12.8. The maximum atomic E-state index is 13.2. The van der Waals surface area contributed by atoms with Crippen LogP contribution in [0.1, 0.15) is 44.4 Å². The number of esters is 1. The average molecular weight is 601 g/mol. The standard InChI is InChI=1S/C29H32INO5/c1-28(2,3)36-27(33)31-29(4,26(32)35-20-22-13-9-6-10-14-22)18-23-15-16-25(24(30)17-23)34-19-21-11-7-5-8-12-21/h5-17H,18-20H2,1-4H3,(H,31,33)/t29-/m0/s1. The highest BCUT2D eigenvalue weighted by Gasteiger charge is 2.38. The smallest absolute Gasteiger partial charge is 0.408 e. The lowest BCUT2D eigenvalue weighted by Crippen LogP contribution is -2.55. The molecule has 0 aliphatic rings. The number of alkyl carbamates (subject to hydrolysis) is 1. The highest BCUT2D eigenvalue weighted by atomic mass is 127. The van der Waals surface area contributed by atoms with E-state index >= 15 is 0 Å². The van der Waals surface area contributed by atoms with E-state index in [2.05, 4.69) is 27.9 Å². The minimum atomic E-state index is -1.34. The molecule has 3 aromatic carbocycles. The summed E-state index contributed by atoms with van der Waals surface area (Å²) in [7, 11) is 0. The summed E-state index contributed by atoms with van der Waals surface area (Å²) < 4.78 is 17.9. The van der Waals surface area contributed by atoms with Gasteiger partial charge in [-0.25, -0.2) is 9.59 Å². The van der Waals surface area contributed by atoms with E-state index in [1.54, 1.807) is 27.7 Å². The molecule has 0 heterocycles. The minimum Gasteiger partial charge on any atom is -0.488 e. The Balaban J connectivity index is 1.75. The van der Waals surface area contributed by atoms with Crippen molar-refractivity contribution in [2.45, 2.75) is 58.5 Å². The number of benzene rings is 3. The van der Waals surface area contributed by atoms with Crippen LogP contribution in [0.5, 0.6) is 5.75 Å². The lowest BCUT2D eigenvalue weighted by atomic mass is 9.92. The molecular formula is C29H32INO5. The van der Waals surface area contributed by atoms with Crippen LogP contribution in [-0.4, -0.2) is 23.2 Å². The van der Waals surface area contributed by atoms with Gasteiger partial charge in [0.15, 0.2) is 0 Å². The summed E-state index contributed by atoms with van der Waals surface area (Å²) in [6, 6.07) is 25.1. The van der Waals surface area contributed by atoms with Crippen molar-refractivity contribution in [2.75, 3.05) is 0 Å². The Labute approximate surface area is 226 Å². The molecule has 0 saturated heterocycles. The number of halogens is 1. The third kappa shape index (κ3) is 8.55. The van der Waals surface area contributed by atoms with E-state index in [4.69, 9.17) is 14.2 Å². The molecule has 0 aromatic heterocycles. The fraction of sp³-hybridized carbons (Fsp3) is 0.310. The van der Waals surface area contributed by atoms with Crippen molar-refractivity contribution in [3.63, 3.8) is 0 Å². The van der Waals surface area contributed by atoms with E-state index in [1.807, 2.05) is 78.9 Å². The molecule has 0 unspecified atom stereocenters. The lowest BCUT2D eigenvalue weighted by Gasteiger charge is -2.30. The van der Waals surface area contributed by atoms with Gasteiger partial charge in [-0.05, 0) is 79.1 Å². The molecule has 0 saturated carbocycles. The van der Waals surface area contributed by atoms with Gasteiger partial charge in [-0.15, -0.1) is 0 Å². The first-order valence-corrected chi connectivity index (χ1v) is 12.8. The summed E-state index contributed by atoms with van der Waals surface area (Å²) in [5.74, 6) is 0.202. The molecule has 190 valence electrons. The zero-order valence-electron chi connectivity index (χ0n) is 21.0. The van der Waals surface area contributed by atoms with Gasteiger partial charge in [0, 0.05) is 6.42 Å². The van der Waals surface area contributed by atoms with Gasteiger partial charge in [0.05, 0.1) is 3.57 Å². The first kappa shape index (κ1) is 27.5. The molecule has 1 amide bonds. The van der Waals surface area contributed by atoms with E-state index in [1.165, 1.54) is 0 Å². The largest absolute Gasteiger partial charge is 0.488 e. The second-order valence-corrected chi connectivity index (χ2v) is 10.9. The minimum absolute atomic E-state index is 0.106. The van der Waals surface area contributed by atoms with E-state index in [0.29, 0.717) is 6.61 Å². The van der Waals surface area contributed by atoms with Crippen LogP contribution in [0.2, 0.25) is 0 Å². The van der Waals surface area contributed by atoms with Crippen LogP contribution in [0.15, 0.2) is 78.9 Å². The van der Waals surface area contributed by atoms with Crippen LogP contribution >= 0.6 is 22.6 Å². The highest BCUT2D eigenvalue weighted by molar-refractivity contribution is 14.1. The molecule has 1 atom stereocenters. The number of amides is 1. The summed E-state index contributed by atoms with van der Waals surface area (Å²) >= 11 is 2.21. The number of hydrogen-bond donors (Lipinski definition) is 1. The van der Waals surface area contributed by atoms with Gasteiger partial charge in [-0.1, -0.05) is 66.7 Å². The van der Waals surface area contributed by atoms with E-state index < -0.39 is 23.2 Å². The number of hydrogen-bond acceptors (Lipinski definition) is 5. The molecule has 3 aromatic rings. The first-order valence-electron chi connectivity index (χ1n) is 11.7. The predicted molar refractivity (Wildman–Crippen MR) is 148 cm³/mol. The van der Waals surface area contributed by atoms with E-state index in [-0.39, 0.29) is 13.0 Å². The second-order valence-electron chi connectivity index (χ2n) is 9.74. The van der Waals surface area contributed by atoms with Crippen molar-refractivity contribution in [1.82, 2.24) is 5.32 Å². The third-order valence-electron chi connectivity index (χ3n) is 5.23. The second kappa shape index (κ2) is 12.3. The number of carbonyl (C=O) groups is 2. The average Bonchev–Trinajstić information content (AvgIpc) is 2.82. The summed E-state index contributed by atoms with van der Waals surface area (Å²) in [6.07, 6.45) is -0.464. The summed E-state index contributed by atoms with van der Waals surface area (Å²) in [4.78, 5) is 25.9. The van der Waals surface area contributed by atoms with Gasteiger partial charge in [0.2, 0.25) is 0 Å². The molecular weight excluding hydrogens is 569 g/mol. The number of nitrogens with one attached hydrogen (secondary N) is 1. The molecule has 3 rings (SSSR count). The van der Waals surface area contributed by atoms with Crippen LogP contribution in [-0.2, 0) is 33.9 Å². The quantitative estimate of drug-likeness (QED) is 0.226. The number of carbonyl (C=O) groups excluding carboxylic acids is 2. The summed E-state index contributed by atoms with van der Waals surface area (Å²) in [6.45, 7) is 7.53. The number of rotatable bonds is 9. The monoisotopic (exact) mass is 601 g/mol. The predicted octanol–water partition coefficient (Wildman–Crippen LogP) is 6.44. The maximum Gasteiger partial charge on any atom is 0.408 e. The Kier molecular flexibility index (Phi) is 9.37. The SMILES string of the molecule is CC(C)(C)OC(=O)N[C@@](C)(Cc1ccc(OCc2ccccc2)c(I)c1)C(=O)OCc1ccccc1. The molecule has 0 aliphatic carbocycles. The highest BCUT2D eigenvalue weighted by Crippen LogP contribution is 2.26. The third-order valence-corrected chi connectivity index (χ3v) is 6.07. The fourth-order valence-electron chi connectivity index (χ4n) is 3.49. The molecule has 0 spiro atoms. The topological polar surface area (TPSA) is 73.9 Å². The Bertz CT molecular complexity index is 1160. The molecule has 0 aliphatic heterocycles. The van der Waals surface area contributed by atoms with Gasteiger partial charge >= 0.3 is 12.1 Å².